The van der Waals surface area contributed by atoms with Gasteiger partial charge in [0.2, 0.25) is 0 Å². The molecule has 0 saturated heterocycles. The highest BCUT2D eigenvalue weighted by Gasteiger charge is 2.02. The molecule has 96 valence electrons. The second kappa shape index (κ2) is 6.31. The van der Waals surface area contributed by atoms with Crippen molar-refractivity contribution < 1.29 is 4.39 Å². The van der Waals surface area contributed by atoms with E-state index in [0.717, 1.165) is 25.1 Å². The van der Waals surface area contributed by atoms with E-state index in [1.54, 1.807) is 6.20 Å². The van der Waals surface area contributed by atoms with Crippen LogP contribution in [0.25, 0.3) is 0 Å². The molecular formula is C14H18FN3. The minimum Gasteiger partial charge on any atom is -0.346 e. The number of hydrogen-bond acceptors (Lipinski definition) is 2. The van der Waals surface area contributed by atoms with Gasteiger partial charge < -0.3 is 9.88 Å². The molecule has 0 atom stereocenters. The maximum Gasteiger partial charge on any atom is 0.141 e. The summed E-state index contributed by atoms with van der Waals surface area (Å²) >= 11 is 0. The topological polar surface area (TPSA) is 29.9 Å². The number of halogens is 1. The summed E-state index contributed by atoms with van der Waals surface area (Å²) < 4.78 is 15.2. The molecule has 0 bridgehead atoms. The Morgan fingerprint density at radius 2 is 2.28 bits per heavy atom. The average molecular weight is 247 g/mol. The predicted octanol–water partition coefficient (Wildman–Crippen LogP) is 2.57. The van der Waals surface area contributed by atoms with Crippen LogP contribution in [-0.4, -0.2) is 16.1 Å². The van der Waals surface area contributed by atoms with Crippen LogP contribution in [0.1, 0.15) is 24.6 Å². The van der Waals surface area contributed by atoms with Gasteiger partial charge in [-0.3, -0.25) is 4.98 Å². The Morgan fingerprint density at radius 3 is 3.06 bits per heavy atom. The van der Waals surface area contributed by atoms with Gasteiger partial charge in [0.1, 0.15) is 5.82 Å². The third-order valence-electron chi connectivity index (χ3n) is 2.77. The molecule has 3 nitrogen and oxygen atoms in total. The number of nitrogens with one attached hydrogen (secondary N) is 1. The molecule has 0 aliphatic rings. The first kappa shape index (κ1) is 12.8. The molecule has 0 saturated carbocycles. The van der Waals surface area contributed by atoms with E-state index in [1.807, 2.05) is 12.3 Å². The maximum absolute atomic E-state index is 13.1. The lowest BCUT2D eigenvalue weighted by atomic mass is 10.2. The molecule has 0 aliphatic heterocycles. The van der Waals surface area contributed by atoms with Crippen molar-refractivity contribution in [3.63, 3.8) is 0 Å². The van der Waals surface area contributed by atoms with E-state index in [9.17, 15) is 4.39 Å². The normalized spacial score (nSPS) is 10.8. The molecule has 2 heterocycles. The Morgan fingerprint density at radius 1 is 1.39 bits per heavy atom. The molecule has 0 fully saturated rings. The van der Waals surface area contributed by atoms with Gasteiger partial charge in [-0.05, 0) is 36.7 Å². The molecule has 0 aromatic carbocycles. The van der Waals surface area contributed by atoms with Crippen LogP contribution in [0.4, 0.5) is 4.39 Å². The van der Waals surface area contributed by atoms with Crippen molar-refractivity contribution >= 4 is 0 Å². The van der Waals surface area contributed by atoms with Gasteiger partial charge in [-0.1, -0.05) is 6.92 Å². The van der Waals surface area contributed by atoms with Crippen LogP contribution in [0.5, 0.6) is 0 Å². The molecule has 2 aromatic heterocycles. The van der Waals surface area contributed by atoms with Crippen LogP contribution < -0.4 is 5.32 Å². The SMILES string of the molecule is CCCNCc1cccn1Cc1cncc(F)c1. The fourth-order valence-electron chi connectivity index (χ4n) is 1.90. The first-order valence-electron chi connectivity index (χ1n) is 6.23. The Labute approximate surface area is 107 Å². The smallest absolute Gasteiger partial charge is 0.141 e. The monoisotopic (exact) mass is 247 g/mol. The molecule has 2 aromatic rings. The minimum atomic E-state index is -0.287. The zero-order valence-corrected chi connectivity index (χ0v) is 10.6. The molecule has 1 N–H and O–H groups in total. The fourth-order valence-corrected chi connectivity index (χ4v) is 1.90. The Hall–Kier alpha value is -1.68. The Kier molecular flexibility index (Phi) is 4.47. The van der Waals surface area contributed by atoms with Crippen LogP contribution >= 0.6 is 0 Å². The van der Waals surface area contributed by atoms with Gasteiger partial charge in [0, 0.05) is 31.2 Å². The number of hydrogen-bond donors (Lipinski definition) is 1. The zero-order valence-electron chi connectivity index (χ0n) is 10.6. The fraction of sp³-hybridized carbons (Fsp3) is 0.357. The third kappa shape index (κ3) is 3.40. The lowest BCUT2D eigenvalue weighted by Gasteiger charge is -2.10. The first-order valence-corrected chi connectivity index (χ1v) is 6.23. The third-order valence-corrected chi connectivity index (χ3v) is 2.77. The summed E-state index contributed by atoms with van der Waals surface area (Å²) in [6, 6.07) is 5.61. The second-order valence-electron chi connectivity index (χ2n) is 4.32. The average Bonchev–Trinajstić information content (AvgIpc) is 2.77. The standard InChI is InChI=1S/C14H18FN3/c1-2-5-16-10-14-4-3-6-18(14)11-12-7-13(15)9-17-8-12/h3-4,6-9,16H,2,5,10-11H2,1H3. The summed E-state index contributed by atoms with van der Waals surface area (Å²) in [5.74, 6) is -0.287. The van der Waals surface area contributed by atoms with Crippen molar-refractivity contribution in [3.05, 3.63) is 53.9 Å². The predicted molar refractivity (Wildman–Crippen MR) is 69.7 cm³/mol. The van der Waals surface area contributed by atoms with E-state index < -0.39 is 0 Å². The molecule has 0 radical (unpaired) electrons. The number of aromatic nitrogens is 2. The molecule has 0 aliphatic carbocycles. The van der Waals surface area contributed by atoms with Gasteiger partial charge in [-0.15, -0.1) is 0 Å². The van der Waals surface area contributed by atoms with Crippen molar-refractivity contribution in [2.75, 3.05) is 6.54 Å². The highest BCUT2D eigenvalue weighted by molar-refractivity contribution is 5.14. The van der Waals surface area contributed by atoms with Crippen molar-refractivity contribution in [1.82, 2.24) is 14.9 Å². The van der Waals surface area contributed by atoms with Crippen molar-refractivity contribution in [2.45, 2.75) is 26.4 Å². The summed E-state index contributed by atoms with van der Waals surface area (Å²) in [5.41, 5.74) is 2.08. The molecule has 0 spiro atoms. The van der Waals surface area contributed by atoms with E-state index in [2.05, 4.69) is 27.9 Å². The highest BCUT2D eigenvalue weighted by Crippen LogP contribution is 2.08. The van der Waals surface area contributed by atoms with Gasteiger partial charge in [0.05, 0.1) is 6.20 Å². The Bertz CT molecular complexity index is 493. The van der Waals surface area contributed by atoms with Crippen LogP contribution in [-0.2, 0) is 13.1 Å². The zero-order chi connectivity index (χ0) is 12.8. The number of rotatable bonds is 6. The van der Waals surface area contributed by atoms with Gasteiger partial charge in [0.15, 0.2) is 0 Å². The van der Waals surface area contributed by atoms with Crippen molar-refractivity contribution in [3.8, 4) is 0 Å². The molecular weight excluding hydrogens is 229 g/mol. The summed E-state index contributed by atoms with van der Waals surface area (Å²) in [6.45, 7) is 4.64. The van der Waals surface area contributed by atoms with Crippen molar-refractivity contribution in [2.24, 2.45) is 0 Å². The van der Waals surface area contributed by atoms with Crippen LogP contribution in [0.15, 0.2) is 36.8 Å². The van der Waals surface area contributed by atoms with Crippen LogP contribution in [0, 0.1) is 5.82 Å². The summed E-state index contributed by atoms with van der Waals surface area (Å²) in [4.78, 5) is 3.87. The van der Waals surface area contributed by atoms with E-state index >= 15 is 0 Å². The first-order chi connectivity index (χ1) is 8.79. The van der Waals surface area contributed by atoms with Gasteiger partial charge >= 0.3 is 0 Å². The largest absolute Gasteiger partial charge is 0.346 e. The number of pyridine rings is 1. The highest BCUT2D eigenvalue weighted by atomic mass is 19.1. The van der Waals surface area contributed by atoms with Gasteiger partial charge in [-0.25, -0.2) is 4.39 Å². The van der Waals surface area contributed by atoms with Crippen molar-refractivity contribution in [1.29, 1.82) is 0 Å². The van der Waals surface area contributed by atoms with Gasteiger partial charge in [0.25, 0.3) is 0 Å². The summed E-state index contributed by atoms with van der Waals surface area (Å²) in [6.07, 6.45) is 6.05. The minimum absolute atomic E-state index is 0.287. The Balaban J connectivity index is 2.03. The molecule has 18 heavy (non-hydrogen) atoms. The number of nitrogens with zero attached hydrogens (tertiary/aromatic N) is 2. The van der Waals surface area contributed by atoms with E-state index in [1.165, 1.54) is 18.0 Å². The van der Waals surface area contributed by atoms with Crippen LogP contribution in [0.2, 0.25) is 0 Å². The lowest BCUT2D eigenvalue weighted by Crippen LogP contribution is -2.17. The van der Waals surface area contributed by atoms with Crippen LogP contribution in [0.3, 0.4) is 0 Å². The van der Waals surface area contributed by atoms with Gasteiger partial charge in [-0.2, -0.15) is 0 Å². The maximum atomic E-state index is 13.1. The molecule has 2 rings (SSSR count). The van der Waals surface area contributed by atoms with E-state index in [-0.39, 0.29) is 5.82 Å². The molecule has 4 heteroatoms. The molecule has 0 unspecified atom stereocenters. The summed E-state index contributed by atoms with van der Waals surface area (Å²) in [7, 11) is 0. The summed E-state index contributed by atoms with van der Waals surface area (Å²) in [5, 5.41) is 3.36. The van der Waals surface area contributed by atoms with E-state index in [0.29, 0.717) is 6.54 Å². The molecule has 0 amide bonds. The van der Waals surface area contributed by atoms with E-state index in [4.69, 9.17) is 0 Å². The second-order valence-corrected chi connectivity index (χ2v) is 4.32. The lowest BCUT2D eigenvalue weighted by molar-refractivity contribution is 0.609. The quantitative estimate of drug-likeness (QED) is 0.795.